The summed E-state index contributed by atoms with van der Waals surface area (Å²) in [6.07, 6.45) is 3.58. The number of nitrogens with zero attached hydrogens (tertiary/aromatic N) is 1. The molecule has 418 valence electrons. The lowest BCUT2D eigenvalue weighted by Crippen LogP contribution is -2.62. The van der Waals surface area contributed by atoms with E-state index in [0.717, 1.165) is 0 Å². The molecule has 11 atom stereocenters. The summed E-state index contributed by atoms with van der Waals surface area (Å²) in [7, 11) is 0. The van der Waals surface area contributed by atoms with E-state index < -0.39 is 145 Å². The molecule has 1 aromatic heterocycles. The third-order valence-corrected chi connectivity index (χ3v) is 12.6. The molecule has 75 heavy (non-hydrogen) atoms. The van der Waals surface area contributed by atoms with Crippen molar-refractivity contribution in [2.24, 2.45) is 23.5 Å². The number of hydrogen-bond donors (Lipinski definition) is 14. The first-order valence-corrected chi connectivity index (χ1v) is 26.2. The zero-order valence-electron chi connectivity index (χ0n) is 44.1. The monoisotopic (exact) mass is 1070 g/mol. The molecule has 25 nitrogen and oxygen atoms in total. The van der Waals surface area contributed by atoms with Crippen LogP contribution in [-0.2, 0) is 60.8 Å². The van der Waals surface area contributed by atoms with E-state index in [-0.39, 0.29) is 31.6 Å². The van der Waals surface area contributed by atoms with Crippen molar-refractivity contribution in [3.05, 3.63) is 54.1 Å². The summed E-state index contributed by atoms with van der Waals surface area (Å²) in [5.74, 6) is -9.69. The highest BCUT2D eigenvalue weighted by atomic mass is 32.2. The van der Waals surface area contributed by atoms with E-state index in [1.54, 1.807) is 78.1 Å². The first-order valence-electron chi connectivity index (χ1n) is 24.8. The minimum atomic E-state index is -1.76. The molecule has 0 bridgehead atoms. The lowest BCUT2D eigenvalue weighted by atomic mass is 9.95. The Morgan fingerprint density at radius 3 is 1.77 bits per heavy atom. The van der Waals surface area contributed by atoms with Crippen LogP contribution in [0.3, 0.4) is 0 Å². The molecule has 9 amide bonds. The zero-order valence-corrected chi connectivity index (χ0v) is 44.9. The average Bonchev–Trinajstić information content (AvgIpc) is 3.87. The maximum Gasteiger partial charge on any atom is 0.326 e. The number of rotatable bonds is 33. The highest BCUT2D eigenvalue weighted by molar-refractivity contribution is 7.98. The molecule has 2 rings (SSSR count). The second kappa shape index (κ2) is 32.6. The fourth-order valence-electron chi connectivity index (χ4n) is 7.32. The van der Waals surface area contributed by atoms with Gasteiger partial charge >= 0.3 is 5.97 Å². The topological polar surface area (TPSA) is 394 Å². The number of nitrogens with two attached hydrogens (primary N) is 1. The molecule has 0 fully saturated rings. The van der Waals surface area contributed by atoms with Gasteiger partial charge in [-0.1, -0.05) is 78.3 Å². The van der Waals surface area contributed by atoms with Crippen LogP contribution in [0.15, 0.2) is 42.9 Å². The van der Waals surface area contributed by atoms with E-state index in [1.165, 1.54) is 38.1 Å². The molecule has 15 N–H and O–H groups in total. The van der Waals surface area contributed by atoms with Crippen molar-refractivity contribution in [2.45, 2.75) is 148 Å². The molecule has 0 saturated heterocycles. The van der Waals surface area contributed by atoms with Gasteiger partial charge in [0.15, 0.2) is 0 Å². The number of benzene rings is 1. The lowest BCUT2D eigenvalue weighted by Gasteiger charge is -2.30. The van der Waals surface area contributed by atoms with Crippen LogP contribution in [0.1, 0.15) is 85.9 Å². The number of nitrogens with one attached hydrogen (secondary N) is 10. The number of aliphatic hydroxyl groups excluding tert-OH is 2. The molecule has 0 radical (unpaired) electrons. The Hall–Kier alpha value is -6.64. The molecule has 1 heterocycles. The number of thioether (sulfide) groups is 1. The number of imidazole rings is 1. The number of aliphatic hydroxyl groups is 2. The lowest BCUT2D eigenvalue weighted by molar-refractivity contribution is -0.144. The number of H-pyrrole nitrogens is 1. The predicted octanol–water partition coefficient (Wildman–Crippen LogP) is -2.50. The number of carboxylic acids is 1. The average molecular weight is 1080 g/mol. The van der Waals surface area contributed by atoms with Crippen LogP contribution in [0.5, 0.6) is 0 Å². The van der Waals surface area contributed by atoms with Gasteiger partial charge in [0.25, 0.3) is 0 Å². The van der Waals surface area contributed by atoms with Crippen LogP contribution in [0, 0.1) is 17.8 Å². The van der Waals surface area contributed by atoms with Gasteiger partial charge in [0.2, 0.25) is 53.2 Å². The van der Waals surface area contributed by atoms with E-state index >= 15 is 0 Å². The van der Waals surface area contributed by atoms with Crippen molar-refractivity contribution in [1.29, 1.82) is 0 Å². The molecule has 0 aliphatic carbocycles. The fourth-order valence-corrected chi connectivity index (χ4v) is 7.79. The first kappa shape index (κ1) is 64.5. The fraction of sp³-hybridized carbons (Fsp3) is 0.612. The van der Waals surface area contributed by atoms with Crippen molar-refractivity contribution in [3.8, 4) is 0 Å². The largest absolute Gasteiger partial charge is 0.480 e. The van der Waals surface area contributed by atoms with Crippen molar-refractivity contribution < 1.29 is 63.3 Å². The van der Waals surface area contributed by atoms with Crippen LogP contribution in [0.25, 0.3) is 0 Å². The van der Waals surface area contributed by atoms with E-state index in [2.05, 4.69) is 57.8 Å². The summed E-state index contributed by atoms with van der Waals surface area (Å²) < 4.78 is 0. The summed E-state index contributed by atoms with van der Waals surface area (Å²) in [6.45, 7) is 11.2. The molecular weight excluding hydrogens is 997 g/mol. The first-order chi connectivity index (χ1) is 35.3. The van der Waals surface area contributed by atoms with Crippen LogP contribution in [-0.4, -0.2) is 170 Å². The normalized spacial score (nSPS) is 15.7. The van der Waals surface area contributed by atoms with Gasteiger partial charge in [0.05, 0.1) is 31.6 Å². The molecule has 2 aromatic rings. The second-order valence-electron chi connectivity index (χ2n) is 19.1. The van der Waals surface area contributed by atoms with Crippen LogP contribution in [0.4, 0.5) is 0 Å². The minimum absolute atomic E-state index is 0.00114. The van der Waals surface area contributed by atoms with Crippen molar-refractivity contribution in [2.75, 3.05) is 25.2 Å². The summed E-state index contributed by atoms with van der Waals surface area (Å²) in [6, 6.07) is -3.37. The number of hydrogen-bond acceptors (Lipinski definition) is 15. The molecule has 0 unspecified atom stereocenters. The second-order valence-corrected chi connectivity index (χ2v) is 20.1. The molecule has 0 aliphatic heterocycles. The van der Waals surface area contributed by atoms with Gasteiger partial charge < -0.3 is 73.9 Å². The number of carbonyl (C=O) groups excluding carboxylic acids is 9. The smallest absolute Gasteiger partial charge is 0.326 e. The summed E-state index contributed by atoms with van der Waals surface area (Å²) >= 11 is 1.34. The Labute approximate surface area is 441 Å². The Morgan fingerprint density at radius 1 is 0.667 bits per heavy atom. The Morgan fingerprint density at radius 2 is 1.23 bits per heavy atom. The molecule has 1 aromatic carbocycles. The van der Waals surface area contributed by atoms with E-state index in [9.17, 15) is 63.3 Å². The minimum Gasteiger partial charge on any atom is -0.480 e. The van der Waals surface area contributed by atoms with Crippen molar-refractivity contribution in [3.63, 3.8) is 0 Å². The zero-order chi connectivity index (χ0) is 56.5. The number of amides is 9. The Balaban J connectivity index is 2.22. The van der Waals surface area contributed by atoms with Crippen LogP contribution < -0.4 is 53.6 Å². The number of carbonyl (C=O) groups is 10. The summed E-state index contributed by atoms with van der Waals surface area (Å²) in [5, 5.41) is 53.1. The maximum absolute atomic E-state index is 14.2. The SMILES string of the molecule is CC[C@H](C)[C@H](NC(=O)[C@H](Cc1ccccc1)NC(=O)[C@H](CC(C)C)NC(=O)[C@@H](NC(=O)[C@H](CO)NC(=O)[C@H](CCSC)NC(=O)CNC(=O)[C@H](C)NC(=O)[C@@H](N)Cc1cnc[nH]1)[C@@H](C)O)C(=O)N[C@H](C(=O)O)C(C)C. The van der Waals surface area contributed by atoms with Crippen molar-refractivity contribution in [1.82, 2.24) is 57.8 Å². The molecule has 0 aliphatic rings. The third-order valence-electron chi connectivity index (χ3n) is 11.9. The Kier molecular flexibility index (Phi) is 28.0. The van der Waals surface area contributed by atoms with Crippen LogP contribution >= 0.6 is 11.8 Å². The van der Waals surface area contributed by atoms with Gasteiger partial charge in [0, 0.05) is 24.7 Å². The standard InChI is InChI=1S/C49H78N12O13S/c1-10-27(6)39(47(71)59-38(26(4)5)49(73)74)60-45(69)35(19-30-14-12-11-13-15-30)56-44(68)34(18-25(2)3)57-48(72)40(29(8)63)61-46(70)36(23-62)58-43(67)33(16-17-75-9)55-37(64)22-52-41(65)28(7)54-42(66)32(50)20-31-21-51-24-53-31/h11-15,21,24-29,32-36,38-40,62-63H,10,16-20,22-23,50H2,1-9H3,(H,51,53)(H,52,65)(H,54,66)(H,55,64)(H,56,68)(H,57,72)(H,58,67)(H,59,71)(H,60,69)(H,61,70)(H,73,74)/t27-,28-,29+,32-,33-,34-,35-,36-,38-,39-,40-/m0/s1. The number of carboxylic acid groups (broad SMARTS) is 1. The third kappa shape index (κ3) is 22.4. The Bertz CT molecular complexity index is 2200. The summed E-state index contributed by atoms with van der Waals surface area (Å²) in [4.78, 5) is 140. The van der Waals surface area contributed by atoms with E-state index in [0.29, 0.717) is 23.4 Å². The van der Waals surface area contributed by atoms with E-state index in [4.69, 9.17) is 5.73 Å². The highest BCUT2D eigenvalue weighted by Crippen LogP contribution is 2.14. The van der Waals surface area contributed by atoms with Crippen molar-refractivity contribution >= 4 is 70.9 Å². The van der Waals surface area contributed by atoms with E-state index in [1.807, 2.05) is 0 Å². The van der Waals surface area contributed by atoms with Gasteiger partial charge in [0.1, 0.15) is 48.3 Å². The van der Waals surface area contributed by atoms with Gasteiger partial charge in [-0.05, 0) is 62.0 Å². The number of aromatic nitrogens is 2. The highest BCUT2D eigenvalue weighted by Gasteiger charge is 2.37. The molecular formula is C49H78N12O13S. The van der Waals surface area contributed by atoms with Gasteiger partial charge in [-0.15, -0.1) is 0 Å². The van der Waals surface area contributed by atoms with Crippen LogP contribution in [0.2, 0.25) is 0 Å². The van der Waals surface area contributed by atoms with Gasteiger partial charge in [-0.25, -0.2) is 9.78 Å². The maximum atomic E-state index is 14.2. The molecule has 0 saturated carbocycles. The quantitative estimate of drug-likeness (QED) is 0.0351. The summed E-state index contributed by atoms with van der Waals surface area (Å²) in [5.41, 5.74) is 7.16. The predicted molar refractivity (Wildman–Crippen MR) is 278 cm³/mol. The van der Waals surface area contributed by atoms with Gasteiger partial charge in [-0.3, -0.25) is 43.2 Å². The molecule has 26 heteroatoms. The number of aliphatic carboxylic acids is 1. The van der Waals surface area contributed by atoms with Gasteiger partial charge in [-0.2, -0.15) is 11.8 Å². The number of aromatic amines is 1. The molecule has 0 spiro atoms.